The van der Waals surface area contributed by atoms with Crippen LogP contribution in [0.5, 0.6) is 0 Å². The Bertz CT molecular complexity index is 730. The van der Waals surface area contributed by atoms with Gasteiger partial charge in [-0.1, -0.05) is 12.1 Å². The highest BCUT2D eigenvalue weighted by Crippen LogP contribution is 2.27. The minimum atomic E-state index is -4.62. The van der Waals surface area contributed by atoms with Gasteiger partial charge in [-0.05, 0) is 24.3 Å². The second kappa shape index (κ2) is 6.42. The van der Waals surface area contributed by atoms with Crippen LogP contribution in [0.3, 0.4) is 0 Å². The number of pyridine rings is 1. The van der Waals surface area contributed by atoms with Crippen LogP contribution in [-0.4, -0.2) is 16.8 Å². The summed E-state index contributed by atoms with van der Waals surface area (Å²) in [5.74, 6) is -2.58. The van der Waals surface area contributed by atoms with E-state index in [9.17, 15) is 27.2 Å². The predicted molar refractivity (Wildman–Crippen MR) is 70.6 cm³/mol. The number of hydrogen-bond donors (Lipinski definition) is 2. The van der Waals surface area contributed by atoms with Gasteiger partial charge in [-0.3, -0.25) is 25.4 Å². The Kier molecular flexibility index (Phi) is 4.58. The molecule has 0 unspecified atom stereocenters. The molecule has 0 fully saturated rings. The topological polar surface area (TPSA) is 71.1 Å². The van der Waals surface area contributed by atoms with Crippen molar-refractivity contribution in [3.8, 4) is 0 Å². The quantitative estimate of drug-likeness (QED) is 0.657. The van der Waals surface area contributed by atoms with Crippen molar-refractivity contribution in [1.29, 1.82) is 0 Å². The zero-order chi connectivity index (χ0) is 17.0. The number of amides is 2. The van der Waals surface area contributed by atoms with E-state index in [2.05, 4.69) is 4.98 Å². The monoisotopic (exact) mass is 327 g/mol. The van der Waals surface area contributed by atoms with Gasteiger partial charge < -0.3 is 0 Å². The van der Waals surface area contributed by atoms with Gasteiger partial charge in [0.15, 0.2) is 0 Å². The third kappa shape index (κ3) is 4.02. The van der Waals surface area contributed by atoms with Crippen LogP contribution in [0.2, 0.25) is 0 Å². The molecule has 23 heavy (non-hydrogen) atoms. The summed E-state index contributed by atoms with van der Waals surface area (Å²) in [6.45, 7) is 0. The minimum absolute atomic E-state index is 0.202. The van der Waals surface area contributed by atoms with E-state index >= 15 is 0 Å². The van der Waals surface area contributed by atoms with Crippen molar-refractivity contribution in [3.63, 3.8) is 0 Å². The Morgan fingerprint density at radius 1 is 0.957 bits per heavy atom. The van der Waals surface area contributed by atoms with E-state index in [0.717, 1.165) is 12.1 Å². The fourth-order valence-corrected chi connectivity index (χ4v) is 1.59. The lowest BCUT2D eigenvalue weighted by Gasteiger charge is -2.09. The number of alkyl halides is 3. The fourth-order valence-electron chi connectivity index (χ4n) is 1.59. The standard InChI is InChI=1S/C14H9F4N3O2/c15-10-4-2-1-3-9(10)13(23)21-20-12(22)8-5-6-11(19-7-8)14(16,17)18/h1-7H,(H,20,22)(H,21,23). The molecule has 0 saturated heterocycles. The lowest BCUT2D eigenvalue weighted by molar-refractivity contribution is -0.141. The molecule has 1 aromatic heterocycles. The van der Waals surface area contributed by atoms with Crippen LogP contribution in [0.25, 0.3) is 0 Å². The zero-order valence-electron chi connectivity index (χ0n) is 11.3. The highest BCUT2D eigenvalue weighted by Gasteiger charge is 2.32. The second-order valence-corrected chi connectivity index (χ2v) is 4.32. The molecule has 2 rings (SSSR count). The average Bonchev–Trinajstić information content (AvgIpc) is 2.52. The first-order valence-corrected chi connectivity index (χ1v) is 6.17. The van der Waals surface area contributed by atoms with Gasteiger partial charge in [0.2, 0.25) is 0 Å². The lowest BCUT2D eigenvalue weighted by Crippen LogP contribution is -2.42. The maximum absolute atomic E-state index is 13.4. The molecule has 1 heterocycles. The van der Waals surface area contributed by atoms with Gasteiger partial charge in [0.1, 0.15) is 11.5 Å². The highest BCUT2D eigenvalue weighted by molar-refractivity contribution is 5.99. The summed E-state index contributed by atoms with van der Waals surface area (Å²) in [5.41, 5.74) is 2.27. The van der Waals surface area contributed by atoms with E-state index in [1.807, 2.05) is 10.9 Å². The van der Waals surface area contributed by atoms with Crippen LogP contribution >= 0.6 is 0 Å². The molecule has 1 aromatic carbocycles. The highest BCUT2D eigenvalue weighted by atomic mass is 19.4. The number of carbonyl (C=O) groups is 2. The number of hydrazine groups is 1. The van der Waals surface area contributed by atoms with Crippen molar-refractivity contribution in [1.82, 2.24) is 15.8 Å². The number of hydrogen-bond acceptors (Lipinski definition) is 3. The summed E-state index contributed by atoms with van der Waals surface area (Å²) in [4.78, 5) is 26.5. The molecule has 0 saturated carbocycles. The van der Waals surface area contributed by atoms with E-state index in [-0.39, 0.29) is 11.1 Å². The first-order chi connectivity index (χ1) is 10.8. The summed E-state index contributed by atoms with van der Waals surface area (Å²) in [6, 6.07) is 6.62. The Labute approximate surface area is 127 Å². The van der Waals surface area contributed by atoms with Crippen LogP contribution in [0.4, 0.5) is 17.6 Å². The van der Waals surface area contributed by atoms with Crippen LogP contribution in [-0.2, 0) is 6.18 Å². The number of nitrogens with one attached hydrogen (secondary N) is 2. The Morgan fingerprint density at radius 2 is 1.61 bits per heavy atom. The van der Waals surface area contributed by atoms with E-state index in [0.29, 0.717) is 12.3 Å². The van der Waals surface area contributed by atoms with Crippen molar-refractivity contribution < 1.29 is 27.2 Å². The van der Waals surface area contributed by atoms with Gasteiger partial charge in [-0.25, -0.2) is 4.39 Å². The molecule has 0 atom stereocenters. The van der Waals surface area contributed by atoms with Gasteiger partial charge in [-0.15, -0.1) is 0 Å². The van der Waals surface area contributed by atoms with E-state index in [1.165, 1.54) is 18.2 Å². The summed E-state index contributed by atoms with van der Waals surface area (Å²) in [6.07, 6.45) is -3.90. The second-order valence-electron chi connectivity index (χ2n) is 4.32. The molecule has 0 spiro atoms. The molecule has 0 aliphatic heterocycles. The van der Waals surface area contributed by atoms with Crippen molar-refractivity contribution >= 4 is 11.8 Å². The van der Waals surface area contributed by atoms with Gasteiger partial charge in [-0.2, -0.15) is 13.2 Å². The van der Waals surface area contributed by atoms with Gasteiger partial charge in [0, 0.05) is 6.20 Å². The molecule has 2 aromatic rings. The predicted octanol–water partition coefficient (Wildman–Crippen LogP) is 2.31. The molecule has 120 valence electrons. The van der Waals surface area contributed by atoms with Crippen LogP contribution < -0.4 is 10.9 Å². The molecule has 2 N–H and O–H groups in total. The smallest absolute Gasteiger partial charge is 0.267 e. The summed E-state index contributed by atoms with van der Waals surface area (Å²) >= 11 is 0. The third-order valence-corrected chi connectivity index (χ3v) is 2.72. The Morgan fingerprint density at radius 3 is 2.17 bits per heavy atom. The molecule has 2 amide bonds. The van der Waals surface area contributed by atoms with Crippen LogP contribution in [0.1, 0.15) is 26.4 Å². The zero-order valence-corrected chi connectivity index (χ0v) is 11.3. The first kappa shape index (κ1) is 16.4. The molecule has 0 bridgehead atoms. The number of rotatable bonds is 2. The molecule has 0 radical (unpaired) electrons. The third-order valence-electron chi connectivity index (χ3n) is 2.72. The number of aromatic nitrogens is 1. The normalized spacial score (nSPS) is 11.0. The van der Waals surface area contributed by atoms with Crippen LogP contribution in [0.15, 0.2) is 42.6 Å². The summed E-state index contributed by atoms with van der Waals surface area (Å²) in [5, 5.41) is 0. The Balaban J connectivity index is 2.00. The molecule has 0 aliphatic carbocycles. The number of benzene rings is 1. The van der Waals surface area contributed by atoms with Crippen LogP contribution in [0, 0.1) is 5.82 Å². The minimum Gasteiger partial charge on any atom is -0.267 e. The average molecular weight is 327 g/mol. The first-order valence-electron chi connectivity index (χ1n) is 6.17. The van der Waals surface area contributed by atoms with Crippen molar-refractivity contribution in [2.24, 2.45) is 0 Å². The van der Waals surface area contributed by atoms with Gasteiger partial charge in [0.25, 0.3) is 11.8 Å². The molecule has 0 aliphatic rings. The largest absolute Gasteiger partial charge is 0.433 e. The Hall–Kier alpha value is -2.97. The maximum atomic E-state index is 13.4. The van der Waals surface area contributed by atoms with Crippen molar-refractivity contribution in [3.05, 3.63) is 65.2 Å². The summed E-state index contributed by atoms with van der Waals surface area (Å²) < 4.78 is 50.4. The molecular weight excluding hydrogens is 318 g/mol. The van der Waals surface area contributed by atoms with E-state index in [4.69, 9.17) is 0 Å². The van der Waals surface area contributed by atoms with Gasteiger partial charge >= 0.3 is 6.18 Å². The van der Waals surface area contributed by atoms with E-state index in [1.54, 1.807) is 0 Å². The molecule has 9 heteroatoms. The van der Waals surface area contributed by atoms with Crippen molar-refractivity contribution in [2.75, 3.05) is 0 Å². The van der Waals surface area contributed by atoms with E-state index < -0.39 is 29.5 Å². The molecular formula is C14H9F4N3O2. The van der Waals surface area contributed by atoms with Crippen molar-refractivity contribution in [2.45, 2.75) is 6.18 Å². The SMILES string of the molecule is O=C(NNC(=O)c1ccccc1F)c1ccc(C(F)(F)F)nc1. The molecule has 5 nitrogen and oxygen atoms in total. The maximum Gasteiger partial charge on any atom is 0.433 e. The number of carbonyl (C=O) groups excluding carboxylic acids is 2. The fraction of sp³-hybridized carbons (Fsp3) is 0.0714. The lowest BCUT2D eigenvalue weighted by atomic mass is 10.2. The number of halogens is 4. The van der Waals surface area contributed by atoms with Gasteiger partial charge in [0.05, 0.1) is 11.1 Å². The number of nitrogens with zero attached hydrogens (tertiary/aromatic N) is 1. The summed E-state index contributed by atoms with van der Waals surface area (Å²) in [7, 11) is 0.